The first-order chi connectivity index (χ1) is 27.7. The number of benzene rings is 8. The summed E-state index contributed by atoms with van der Waals surface area (Å²) >= 11 is 0. The van der Waals surface area contributed by atoms with E-state index in [9.17, 15) is 5.26 Å². The highest BCUT2D eigenvalue weighted by atomic mass is 16.5. The van der Waals surface area contributed by atoms with Crippen LogP contribution in [0.5, 0.6) is 11.5 Å². The van der Waals surface area contributed by atoms with Gasteiger partial charge >= 0.3 is 0 Å². The molecular formula is C52H31N3O. The molecule has 8 aromatic carbocycles. The van der Waals surface area contributed by atoms with Crippen molar-refractivity contribution in [1.29, 1.82) is 5.26 Å². The normalized spacial score (nSPS) is 12.9. The molecule has 4 nitrogen and oxygen atoms in total. The molecule has 9 aromatic rings. The zero-order chi connectivity index (χ0) is 37.2. The van der Waals surface area contributed by atoms with E-state index in [-0.39, 0.29) is 0 Å². The minimum atomic E-state index is -0.614. The zero-order valence-corrected chi connectivity index (χ0v) is 30.1. The molecule has 0 radical (unpaired) electrons. The van der Waals surface area contributed by atoms with Gasteiger partial charge in [-0.3, -0.25) is 0 Å². The van der Waals surface area contributed by atoms with E-state index in [1.807, 2.05) is 48.5 Å². The van der Waals surface area contributed by atoms with Crippen LogP contribution in [-0.2, 0) is 5.41 Å². The molecule has 56 heavy (non-hydrogen) atoms. The van der Waals surface area contributed by atoms with Gasteiger partial charge in [-0.05, 0) is 86.6 Å². The highest BCUT2D eigenvalue weighted by Crippen LogP contribution is 2.62. The van der Waals surface area contributed by atoms with Crippen LogP contribution in [-0.4, -0.2) is 9.97 Å². The number of rotatable bonds is 4. The molecule has 0 saturated heterocycles. The Morgan fingerprint density at radius 3 is 1.79 bits per heavy atom. The van der Waals surface area contributed by atoms with Crippen molar-refractivity contribution >= 4 is 10.8 Å². The Bertz CT molecular complexity index is 3040. The minimum absolute atomic E-state index is 0.614. The first-order valence-corrected chi connectivity index (χ1v) is 18.8. The van der Waals surface area contributed by atoms with Crippen molar-refractivity contribution < 1.29 is 4.74 Å². The van der Waals surface area contributed by atoms with Crippen LogP contribution in [0, 0.1) is 11.3 Å². The van der Waals surface area contributed by atoms with Gasteiger partial charge in [0, 0.05) is 27.8 Å². The molecule has 1 aliphatic heterocycles. The molecule has 0 fully saturated rings. The molecule has 0 amide bonds. The summed E-state index contributed by atoms with van der Waals surface area (Å²) < 4.78 is 6.60. The number of nitriles is 1. The molecule has 0 N–H and O–H groups in total. The SMILES string of the molecule is N#Cc1cccc(-c2ccc3c(c2)-c2cc(-c4cc(-c5cccc6ccccc56)nc(-c5ccccc5)n4)ccc2C32c3ccccc3Oc3ccccc32)c1. The average Bonchev–Trinajstić information content (AvgIpc) is 3.55. The molecule has 0 saturated carbocycles. The largest absolute Gasteiger partial charge is 0.457 e. The van der Waals surface area contributed by atoms with E-state index in [4.69, 9.17) is 14.7 Å². The van der Waals surface area contributed by atoms with E-state index in [1.165, 1.54) is 16.5 Å². The van der Waals surface area contributed by atoms with Crippen molar-refractivity contribution in [2.45, 2.75) is 5.41 Å². The molecule has 0 bridgehead atoms. The lowest BCUT2D eigenvalue weighted by atomic mass is 9.66. The van der Waals surface area contributed by atoms with E-state index < -0.39 is 5.41 Å². The highest BCUT2D eigenvalue weighted by Gasteiger charge is 2.51. The Morgan fingerprint density at radius 2 is 1.02 bits per heavy atom. The van der Waals surface area contributed by atoms with Crippen LogP contribution in [0.25, 0.3) is 66.9 Å². The maximum Gasteiger partial charge on any atom is 0.160 e. The number of hydrogen-bond acceptors (Lipinski definition) is 4. The third-order valence-electron chi connectivity index (χ3n) is 11.4. The molecule has 2 heterocycles. The molecule has 2 aliphatic rings. The number of ether oxygens (including phenoxy) is 1. The van der Waals surface area contributed by atoms with Gasteiger partial charge in [0.25, 0.3) is 0 Å². The van der Waals surface area contributed by atoms with Gasteiger partial charge in [0.15, 0.2) is 5.82 Å². The lowest BCUT2D eigenvalue weighted by molar-refractivity contribution is 0.436. The Morgan fingerprint density at radius 1 is 0.429 bits per heavy atom. The predicted octanol–water partition coefficient (Wildman–Crippen LogP) is 12.6. The number of fused-ring (bicyclic) bond motifs is 10. The maximum absolute atomic E-state index is 9.75. The van der Waals surface area contributed by atoms with Crippen LogP contribution in [0.15, 0.2) is 188 Å². The molecule has 0 atom stereocenters. The Balaban J connectivity index is 1.18. The van der Waals surface area contributed by atoms with Gasteiger partial charge < -0.3 is 4.74 Å². The second kappa shape index (κ2) is 12.5. The van der Waals surface area contributed by atoms with Crippen molar-refractivity contribution in [2.24, 2.45) is 0 Å². The molecule has 4 heteroatoms. The van der Waals surface area contributed by atoms with E-state index in [1.54, 1.807) is 0 Å². The van der Waals surface area contributed by atoms with Gasteiger partial charge in [-0.15, -0.1) is 0 Å². The molecule has 1 aliphatic carbocycles. The van der Waals surface area contributed by atoms with Crippen LogP contribution >= 0.6 is 0 Å². The number of hydrogen-bond donors (Lipinski definition) is 0. The summed E-state index contributed by atoms with van der Waals surface area (Å²) in [5.74, 6) is 2.38. The Labute approximate surface area is 324 Å². The first kappa shape index (κ1) is 31.9. The zero-order valence-electron chi connectivity index (χ0n) is 30.1. The van der Waals surface area contributed by atoms with Crippen molar-refractivity contribution in [3.8, 4) is 73.7 Å². The summed E-state index contributed by atoms with van der Waals surface area (Å²) in [6.45, 7) is 0. The summed E-state index contributed by atoms with van der Waals surface area (Å²) in [6.07, 6.45) is 0. The molecule has 1 spiro atoms. The molecular weight excluding hydrogens is 683 g/mol. The van der Waals surface area contributed by atoms with E-state index in [0.29, 0.717) is 11.4 Å². The molecule has 260 valence electrons. The fraction of sp³-hybridized carbons (Fsp3) is 0.0192. The van der Waals surface area contributed by atoms with Gasteiger partial charge in [-0.25, -0.2) is 9.97 Å². The van der Waals surface area contributed by atoms with Gasteiger partial charge in [-0.1, -0.05) is 146 Å². The standard InChI is InChI=1S/C52H31N3O/c53-32-33-12-10-17-36(28-33)37-24-26-43-41(29-37)42-30-38(25-27-44(42)52(43)45-20-6-8-22-49(45)56-50-23-9-7-21-46(50)52)47-31-48(55-51(54-47)35-14-2-1-3-15-35)40-19-11-16-34-13-4-5-18-39(34)40/h1-31H. The lowest BCUT2D eigenvalue weighted by Crippen LogP contribution is -2.32. The van der Waals surface area contributed by atoms with Crippen LogP contribution in [0.2, 0.25) is 0 Å². The van der Waals surface area contributed by atoms with E-state index >= 15 is 0 Å². The summed E-state index contributed by atoms with van der Waals surface area (Å²) in [5.41, 5.74) is 13.7. The average molecular weight is 714 g/mol. The van der Waals surface area contributed by atoms with Gasteiger partial charge in [0.05, 0.1) is 28.4 Å². The summed E-state index contributed by atoms with van der Waals surface area (Å²) in [5, 5.41) is 12.1. The van der Waals surface area contributed by atoms with Gasteiger partial charge in [-0.2, -0.15) is 5.26 Å². The monoisotopic (exact) mass is 713 g/mol. The van der Waals surface area contributed by atoms with Gasteiger partial charge in [0.2, 0.25) is 0 Å². The van der Waals surface area contributed by atoms with Gasteiger partial charge in [0.1, 0.15) is 11.5 Å². The number of nitrogens with zero attached hydrogens (tertiary/aromatic N) is 3. The van der Waals surface area contributed by atoms with Crippen LogP contribution in [0.1, 0.15) is 27.8 Å². The Hall–Kier alpha value is -7.61. The fourth-order valence-corrected chi connectivity index (χ4v) is 8.91. The first-order valence-electron chi connectivity index (χ1n) is 18.8. The molecule has 1 aromatic heterocycles. The smallest absolute Gasteiger partial charge is 0.160 e. The fourth-order valence-electron chi connectivity index (χ4n) is 8.91. The highest BCUT2D eigenvalue weighted by molar-refractivity contribution is 5.97. The summed E-state index contributed by atoms with van der Waals surface area (Å²) in [4.78, 5) is 10.4. The molecule has 0 unspecified atom stereocenters. The van der Waals surface area contributed by atoms with Crippen molar-refractivity contribution in [1.82, 2.24) is 9.97 Å². The number of aromatic nitrogens is 2. The van der Waals surface area contributed by atoms with Crippen LogP contribution in [0.3, 0.4) is 0 Å². The number of para-hydroxylation sites is 2. The quantitative estimate of drug-likeness (QED) is 0.182. The topological polar surface area (TPSA) is 58.8 Å². The Kier molecular flexibility index (Phi) is 7.10. The molecule has 11 rings (SSSR count). The maximum atomic E-state index is 9.75. The van der Waals surface area contributed by atoms with Crippen molar-refractivity contribution in [3.63, 3.8) is 0 Å². The second-order valence-corrected chi connectivity index (χ2v) is 14.4. The lowest BCUT2D eigenvalue weighted by Gasteiger charge is -2.39. The second-order valence-electron chi connectivity index (χ2n) is 14.4. The van der Waals surface area contributed by atoms with Crippen molar-refractivity contribution in [2.75, 3.05) is 0 Å². The van der Waals surface area contributed by atoms with Crippen LogP contribution in [0.4, 0.5) is 0 Å². The third-order valence-corrected chi connectivity index (χ3v) is 11.4. The predicted molar refractivity (Wildman–Crippen MR) is 223 cm³/mol. The summed E-state index contributed by atoms with van der Waals surface area (Å²) in [7, 11) is 0. The van der Waals surface area contributed by atoms with E-state index in [2.05, 4.69) is 146 Å². The third kappa shape index (κ3) is 4.78. The minimum Gasteiger partial charge on any atom is -0.457 e. The van der Waals surface area contributed by atoms with Crippen LogP contribution < -0.4 is 4.74 Å². The summed E-state index contributed by atoms with van der Waals surface area (Å²) in [6, 6.07) is 67.8. The van der Waals surface area contributed by atoms with Crippen molar-refractivity contribution in [3.05, 3.63) is 216 Å². The van der Waals surface area contributed by atoms with E-state index in [0.717, 1.165) is 78.3 Å².